The van der Waals surface area contributed by atoms with Crippen LogP contribution < -0.4 is 5.32 Å². The van der Waals surface area contributed by atoms with Gasteiger partial charge in [0.25, 0.3) is 5.91 Å². The summed E-state index contributed by atoms with van der Waals surface area (Å²) in [6.45, 7) is 4.97. The van der Waals surface area contributed by atoms with Crippen molar-refractivity contribution in [1.82, 2.24) is 10.2 Å². The number of morpholine rings is 1. The second kappa shape index (κ2) is 8.29. The van der Waals surface area contributed by atoms with Crippen molar-refractivity contribution < 1.29 is 19.0 Å². The Morgan fingerprint density at radius 1 is 1.23 bits per heavy atom. The molecule has 1 atom stereocenters. The molecular weight excluding hydrogens is 335 g/mol. The topological polar surface area (TPSA) is 61.8 Å². The van der Waals surface area contributed by atoms with Crippen molar-refractivity contribution in [2.45, 2.75) is 13.0 Å². The van der Waals surface area contributed by atoms with Gasteiger partial charge in [0.2, 0.25) is 0 Å². The number of carbonyl (C=O) groups excluding carboxylic acids is 1. The van der Waals surface area contributed by atoms with Gasteiger partial charge < -0.3 is 15.2 Å². The monoisotopic (exact) mass is 358 g/mol. The number of hydrogen-bond donors (Lipinski definition) is 2. The van der Waals surface area contributed by atoms with E-state index in [0.29, 0.717) is 19.8 Å². The first-order valence-electron chi connectivity index (χ1n) is 8.69. The smallest absolute Gasteiger partial charge is 0.255 e. The lowest BCUT2D eigenvalue weighted by Crippen LogP contribution is -2.43. The molecule has 0 saturated carbocycles. The van der Waals surface area contributed by atoms with Crippen LogP contribution in [0, 0.1) is 12.7 Å². The molecule has 1 aliphatic heterocycles. The normalized spacial score (nSPS) is 16.2. The third-order valence-corrected chi connectivity index (χ3v) is 4.59. The molecule has 6 heteroatoms. The Morgan fingerprint density at radius 2 is 1.92 bits per heavy atom. The Bertz CT molecular complexity index is 758. The molecular formula is C20H23FN2O3. The molecule has 1 aliphatic rings. The van der Waals surface area contributed by atoms with Crippen LogP contribution in [0.3, 0.4) is 0 Å². The summed E-state index contributed by atoms with van der Waals surface area (Å²) in [5.41, 5.74) is 2.09. The molecule has 1 amide bonds. The average molecular weight is 358 g/mol. The van der Waals surface area contributed by atoms with Crippen molar-refractivity contribution in [3.8, 4) is 5.75 Å². The zero-order valence-electron chi connectivity index (χ0n) is 14.7. The molecule has 0 aliphatic carbocycles. The van der Waals surface area contributed by atoms with Gasteiger partial charge in [-0.1, -0.05) is 23.8 Å². The van der Waals surface area contributed by atoms with Crippen LogP contribution in [-0.2, 0) is 4.74 Å². The number of aromatic hydroxyl groups is 1. The molecule has 0 aromatic heterocycles. The van der Waals surface area contributed by atoms with E-state index in [0.717, 1.165) is 24.2 Å². The predicted octanol–water partition coefficient (Wildman–Crippen LogP) is 2.64. The number of amides is 1. The van der Waals surface area contributed by atoms with Crippen LogP contribution in [-0.4, -0.2) is 48.8 Å². The highest BCUT2D eigenvalue weighted by atomic mass is 19.1. The molecule has 1 fully saturated rings. The van der Waals surface area contributed by atoms with Crippen molar-refractivity contribution in [3.63, 3.8) is 0 Å². The summed E-state index contributed by atoms with van der Waals surface area (Å²) < 4.78 is 18.7. The summed E-state index contributed by atoms with van der Waals surface area (Å²) in [5, 5.41) is 12.8. The molecule has 0 radical (unpaired) electrons. The maximum Gasteiger partial charge on any atom is 0.255 e. The minimum Gasteiger partial charge on any atom is -0.507 e. The number of carbonyl (C=O) groups is 1. The molecule has 2 aromatic carbocycles. The standard InChI is InChI=1S/C20H23FN2O3/c1-14-2-7-19(24)17(12-14)20(25)22-13-18(23-8-10-26-11-9-23)15-3-5-16(21)6-4-15/h2-7,12,18,24H,8-11,13H2,1H3,(H,22,25)/t18-/m1/s1. The number of nitrogens with one attached hydrogen (secondary N) is 1. The van der Waals surface area contributed by atoms with Gasteiger partial charge in [0.15, 0.2) is 0 Å². The zero-order valence-corrected chi connectivity index (χ0v) is 14.7. The fourth-order valence-corrected chi connectivity index (χ4v) is 3.15. The average Bonchev–Trinajstić information content (AvgIpc) is 2.66. The van der Waals surface area contributed by atoms with E-state index in [1.165, 1.54) is 18.2 Å². The summed E-state index contributed by atoms with van der Waals surface area (Å²) >= 11 is 0. The van der Waals surface area contributed by atoms with Gasteiger partial charge in [-0.15, -0.1) is 0 Å². The molecule has 5 nitrogen and oxygen atoms in total. The molecule has 1 saturated heterocycles. The van der Waals surface area contributed by atoms with Crippen LogP contribution in [0.2, 0.25) is 0 Å². The SMILES string of the molecule is Cc1ccc(O)c(C(=O)NC[C@H](c2ccc(F)cc2)N2CCOCC2)c1. The number of nitrogens with zero attached hydrogens (tertiary/aromatic N) is 1. The Kier molecular flexibility index (Phi) is 5.85. The first-order chi connectivity index (χ1) is 12.5. The van der Waals surface area contributed by atoms with Crippen molar-refractivity contribution in [1.29, 1.82) is 0 Å². The first-order valence-corrected chi connectivity index (χ1v) is 8.69. The van der Waals surface area contributed by atoms with Crippen LogP contribution in [0.4, 0.5) is 4.39 Å². The van der Waals surface area contributed by atoms with Crippen LogP contribution in [0.1, 0.15) is 27.5 Å². The summed E-state index contributed by atoms with van der Waals surface area (Å²) in [7, 11) is 0. The molecule has 3 rings (SSSR count). The fourth-order valence-electron chi connectivity index (χ4n) is 3.15. The molecule has 0 spiro atoms. The fraction of sp³-hybridized carbons (Fsp3) is 0.350. The molecule has 1 heterocycles. The lowest BCUT2D eigenvalue weighted by Gasteiger charge is -2.35. The highest BCUT2D eigenvalue weighted by Gasteiger charge is 2.24. The zero-order chi connectivity index (χ0) is 18.5. The maximum absolute atomic E-state index is 13.3. The Hall–Kier alpha value is -2.44. The van der Waals surface area contributed by atoms with Gasteiger partial charge in [0.1, 0.15) is 11.6 Å². The molecule has 0 unspecified atom stereocenters. The molecule has 138 valence electrons. The lowest BCUT2D eigenvalue weighted by molar-refractivity contribution is 0.0162. The van der Waals surface area contributed by atoms with Gasteiger partial charge in [-0.2, -0.15) is 0 Å². The van der Waals surface area contributed by atoms with E-state index in [2.05, 4.69) is 10.2 Å². The number of ether oxygens (including phenoxy) is 1. The molecule has 2 N–H and O–H groups in total. The molecule has 0 bridgehead atoms. The number of halogens is 1. The van der Waals surface area contributed by atoms with Crippen LogP contribution in [0.15, 0.2) is 42.5 Å². The van der Waals surface area contributed by atoms with E-state index in [4.69, 9.17) is 4.74 Å². The number of rotatable bonds is 5. The number of benzene rings is 2. The lowest BCUT2D eigenvalue weighted by atomic mass is 10.0. The quantitative estimate of drug-likeness (QED) is 0.863. The van der Waals surface area contributed by atoms with Crippen molar-refractivity contribution >= 4 is 5.91 Å². The van der Waals surface area contributed by atoms with Gasteiger partial charge in [-0.05, 0) is 36.8 Å². The van der Waals surface area contributed by atoms with E-state index in [1.807, 2.05) is 6.92 Å². The number of hydrogen-bond acceptors (Lipinski definition) is 4. The summed E-state index contributed by atoms with van der Waals surface area (Å²) in [6, 6.07) is 11.2. The summed E-state index contributed by atoms with van der Waals surface area (Å²) in [4.78, 5) is 14.7. The molecule has 2 aromatic rings. The van der Waals surface area contributed by atoms with Crippen LogP contribution in [0.5, 0.6) is 5.75 Å². The van der Waals surface area contributed by atoms with E-state index < -0.39 is 0 Å². The Labute approximate surface area is 152 Å². The van der Waals surface area contributed by atoms with Crippen molar-refractivity contribution in [2.75, 3.05) is 32.8 Å². The second-order valence-electron chi connectivity index (χ2n) is 6.45. The predicted molar refractivity (Wildman–Crippen MR) is 96.7 cm³/mol. The van der Waals surface area contributed by atoms with E-state index in [-0.39, 0.29) is 29.1 Å². The van der Waals surface area contributed by atoms with Crippen molar-refractivity contribution in [3.05, 3.63) is 65.0 Å². The first kappa shape index (κ1) is 18.4. The second-order valence-corrected chi connectivity index (χ2v) is 6.45. The highest BCUT2D eigenvalue weighted by Crippen LogP contribution is 2.23. The number of aryl methyl sites for hydroxylation is 1. The van der Waals surface area contributed by atoms with E-state index >= 15 is 0 Å². The maximum atomic E-state index is 13.3. The Balaban J connectivity index is 1.75. The largest absolute Gasteiger partial charge is 0.507 e. The van der Waals surface area contributed by atoms with Gasteiger partial charge in [0, 0.05) is 19.6 Å². The van der Waals surface area contributed by atoms with E-state index in [1.54, 1.807) is 24.3 Å². The molecule has 26 heavy (non-hydrogen) atoms. The van der Waals surface area contributed by atoms with Crippen LogP contribution in [0.25, 0.3) is 0 Å². The number of phenols is 1. The van der Waals surface area contributed by atoms with Gasteiger partial charge in [-0.3, -0.25) is 9.69 Å². The van der Waals surface area contributed by atoms with Crippen LogP contribution >= 0.6 is 0 Å². The van der Waals surface area contributed by atoms with E-state index in [9.17, 15) is 14.3 Å². The minimum absolute atomic E-state index is 0.0437. The Morgan fingerprint density at radius 3 is 2.62 bits per heavy atom. The van der Waals surface area contributed by atoms with Gasteiger partial charge >= 0.3 is 0 Å². The van der Waals surface area contributed by atoms with Gasteiger partial charge in [-0.25, -0.2) is 4.39 Å². The summed E-state index contributed by atoms with van der Waals surface area (Å²) in [6.07, 6.45) is 0. The van der Waals surface area contributed by atoms with Crippen molar-refractivity contribution in [2.24, 2.45) is 0 Å². The summed E-state index contributed by atoms with van der Waals surface area (Å²) in [5.74, 6) is -0.660. The highest BCUT2D eigenvalue weighted by molar-refractivity contribution is 5.97. The third-order valence-electron chi connectivity index (χ3n) is 4.59. The third kappa shape index (κ3) is 4.39. The number of phenolic OH excluding ortho intramolecular Hbond substituents is 1. The van der Waals surface area contributed by atoms with Gasteiger partial charge in [0.05, 0.1) is 24.8 Å². The minimum atomic E-state index is -0.327.